The van der Waals surface area contributed by atoms with E-state index in [0.717, 1.165) is 40.2 Å². The highest BCUT2D eigenvalue weighted by atomic mass is 32.1. The van der Waals surface area contributed by atoms with Gasteiger partial charge in [-0.15, -0.1) is 11.3 Å². The van der Waals surface area contributed by atoms with Crippen molar-refractivity contribution >= 4 is 11.3 Å². The third-order valence-corrected chi connectivity index (χ3v) is 3.76. The summed E-state index contributed by atoms with van der Waals surface area (Å²) >= 11 is 1.65. The highest BCUT2D eigenvalue weighted by Gasteiger charge is 2.13. The smallest absolute Gasteiger partial charge is 0.196 e. The van der Waals surface area contributed by atoms with E-state index in [1.54, 1.807) is 17.5 Å². The standard InChI is InChI=1S/C14H21N3OS/c1-9-13(19-10(2)17-9)11-8-15-12(18-11)6-7-16-14(3,4)5/h8,16H,6-7H2,1-5H3. The Hall–Kier alpha value is -1.20. The van der Waals surface area contributed by atoms with Crippen molar-refractivity contribution < 1.29 is 4.42 Å². The lowest BCUT2D eigenvalue weighted by atomic mass is 10.1. The number of hydrogen-bond acceptors (Lipinski definition) is 5. The van der Waals surface area contributed by atoms with E-state index in [4.69, 9.17) is 4.42 Å². The van der Waals surface area contributed by atoms with Crippen LogP contribution in [0.25, 0.3) is 10.6 Å². The van der Waals surface area contributed by atoms with E-state index >= 15 is 0 Å². The summed E-state index contributed by atoms with van der Waals surface area (Å²) in [6, 6.07) is 0. The van der Waals surface area contributed by atoms with Crippen molar-refractivity contribution in [1.82, 2.24) is 15.3 Å². The van der Waals surface area contributed by atoms with E-state index in [9.17, 15) is 0 Å². The molecule has 0 radical (unpaired) electrons. The molecule has 0 atom stereocenters. The number of rotatable bonds is 4. The average Bonchev–Trinajstić information content (AvgIpc) is 2.83. The quantitative estimate of drug-likeness (QED) is 0.932. The molecule has 0 aromatic carbocycles. The number of aryl methyl sites for hydroxylation is 2. The lowest BCUT2D eigenvalue weighted by Gasteiger charge is -2.19. The third-order valence-electron chi connectivity index (χ3n) is 2.68. The normalized spacial score (nSPS) is 12.1. The molecule has 0 aliphatic rings. The van der Waals surface area contributed by atoms with E-state index in [1.807, 2.05) is 13.8 Å². The van der Waals surface area contributed by atoms with Crippen LogP contribution < -0.4 is 5.32 Å². The Morgan fingerprint density at radius 2 is 2.05 bits per heavy atom. The summed E-state index contributed by atoms with van der Waals surface area (Å²) in [5.41, 5.74) is 1.14. The molecular weight excluding hydrogens is 258 g/mol. The van der Waals surface area contributed by atoms with Crippen molar-refractivity contribution in [2.75, 3.05) is 6.54 Å². The molecule has 0 fully saturated rings. The first-order valence-corrected chi connectivity index (χ1v) is 7.31. The van der Waals surface area contributed by atoms with Crippen LogP contribution in [0, 0.1) is 13.8 Å². The molecule has 0 aliphatic carbocycles. The molecule has 1 N–H and O–H groups in total. The van der Waals surface area contributed by atoms with Gasteiger partial charge in [-0.25, -0.2) is 9.97 Å². The first-order chi connectivity index (χ1) is 8.85. The largest absolute Gasteiger partial charge is 0.440 e. The molecule has 0 saturated heterocycles. The molecule has 0 bridgehead atoms. The molecule has 104 valence electrons. The maximum absolute atomic E-state index is 5.80. The van der Waals surface area contributed by atoms with Gasteiger partial charge in [-0.05, 0) is 34.6 Å². The lowest BCUT2D eigenvalue weighted by Crippen LogP contribution is -2.37. The highest BCUT2D eigenvalue weighted by Crippen LogP contribution is 2.30. The maximum Gasteiger partial charge on any atom is 0.196 e. The fraction of sp³-hybridized carbons (Fsp3) is 0.571. The van der Waals surface area contributed by atoms with Crippen molar-refractivity contribution in [1.29, 1.82) is 0 Å². The second-order valence-corrected chi connectivity index (χ2v) is 6.90. The molecule has 0 unspecified atom stereocenters. The van der Waals surface area contributed by atoms with Gasteiger partial charge in [-0.3, -0.25) is 0 Å². The molecule has 19 heavy (non-hydrogen) atoms. The first kappa shape index (κ1) is 14.2. The monoisotopic (exact) mass is 279 g/mol. The van der Waals surface area contributed by atoms with Crippen LogP contribution in [0.4, 0.5) is 0 Å². The molecule has 2 rings (SSSR count). The summed E-state index contributed by atoms with van der Waals surface area (Å²) in [7, 11) is 0. The van der Waals surface area contributed by atoms with Crippen LogP contribution in [0.5, 0.6) is 0 Å². The van der Waals surface area contributed by atoms with E-state index in [0.29, 0.717) is 0 Å². The zero-order chi connectivity index (χ0) is 14.0. The molecule has 2 heterocycles. The van der Waals surface area contributed by atoms with Crippen LogP contribution in [-0.4, -0.2) is 22.1 Å². The summed E-state index contributed by atoms with van der Waals surface area (Å²) in [6.45, 7) is 11.3. The van der Waals surface area contributed by atoms with E-state index < -0.39 is 0 Å². The minimum absolute atomic E-state index is 0.126. The Labute approximate surface area is 118 Å². The van der Waals surface area contributed by atoms with Gasteiger partial charge in [-0.2, -0.15) is 0 Å². The topological polar surface area (TPSA) is 51.0 Å². The number of nitrogens with one attached hydrogen (secondary N) is 1. The molecular formula is C14H21N3OS. The summed E-state index contributed by atoms with van der Waals surface area (Å²) < 4.78 is 5.80. The average molecular weight is 279 g/mol. The van der Waals surface area contributed by atoms with Crippen molar-refractivity contribution in [3.05, 3.63) is 22.8 Å². The predicted molar refractivity (Wildman–Crippen MR) is 78.5 cm³/mol. The van der Waals surface area contributed by atoms with Gasteiger partial charge in [0, 0.05) is 18.5 Å². The number of thiazole rings is 1. The molecule has 5 heteroatoms. The zero-order valence-electron chi connectivity index (χ0n) is 12.2. The van der Waals surface area contributed by atoms with Crippen LogP contribution in [0.3, 0.4) is 0 Å². The van der Waals surface area contributed by atoms with E-state index in [1.165, 1.54) is 0 Å². The van der Waals surface area contributed by atoms with Gasteiger partial charge < -0.3 is 9.73 Å². The van der Waals surface area contributed by atoms with Crippen molar-refractivity contribution in [3.63, 3.8) is 0 Å². The summed E-state index contributed by atoms with van der Waals surface area (Å²) in [5, 5.41) is 4.48. The molecule has 2 aromatic rings. The number of nitrogens with zero attached hydrogens (tertiary/aromatic N) is 2. The molecule has 2 aromatic heterocycles. The highest BCUT2D eigenvalue weighted by molar-refractivity contribution is 7.15. The van der Waals surface area contributed by atoms with Gasteiger partial charge in [0.1, 0.15) is 0 Å². The van der Waals surface area contributed by atoms with E-state index in [-0.39, 0.29) is 5.54 Å². The predicted octanol–water partition coefficient (Wildman–Crippen LogP) is 3.35. The second kappa shape index (κ2) is 5.43. The third kappa shape index (κ3) is 3.88. The molecule has 4 nitrogen and oxygen atoms in total. The molecule has 0 aliphatic heterocycles. The number of aromatic nitrogens is 2. The fourth-order valence-electron chi connectivity index (χ4n) is 1.84. The molecule has 0 spiro atoms. The summed E-state index contributed by atoms with van der Waals surface area (Å²) in [4.78, 5) is 9.83. The van der Waals surface area contributed by atoms with Crippen molar-refractivity contribution in [2.45, 2.75) is 46.6 Å². The maximum atomic E-state index is 5.80. The summed E-state index contributed by atoms with van der Waals surface area (Å²) in [6.07, 6.45) is 2.60. The van der Waals surface area contributed by atoms with Crippen LogP contribution in [0.2, 0.25) is 0 Å². The van der Waals surface area contributed by atoms with Gasteiger partial charge in [0.05, 0.1) is 21.8 Å². The van der Waals surface area contributed by atoms with Crippen molar-refractivity contribution in [3.8, 4) is 10.6 Å². The van der Waals surface area contributed by atoms with Gasteiger partial charge in [0.25, 0.3) is 0 Å². The van der Waals surface area contributed by atoms with Crippen LogP contribution in [-0.2, 0) is 6.42 Å². The van der Waals surface area contributed by atoms with Crippen LogP contribution in [0.1, 0.15) is 37.4 Å². The zero-order valence-corrected chi connectivity index (χ0v) is 13.0. The second-order valence-electron chi connectivity index (χ2n) is 5.69. The minimum atomic E-state index is 0.126. The van der Waals surface area contributed by atoms with Crippen LogP contribution in [0.15, 0.2) is 10.6 Å². The lowest BCUT2D eigenvalue weighted by molar-refractivity contribution is 0.412. The molecule has 0 saturated carbocycles. The summed E-state index contributed by atoms with van der Waals surface area (Å²) in [5.74, 6) is 1.60. The van der Waals surface area contributed by atoms with Crippen molar-refractivity contribution in [2.24, 2.45) is 0 Å². The Morgan fingerprint density at radius 1 is 1.32 bits per heavy atom. The van der Waals surface area contributed by atoms with Gasteiger partial charge in [0.15, 0.2) is 11.7 Å². The first-order valence-electron chi connectivity index (χ1n) is 6.49. The van der Waals surface area contributed by atoms with E-state index in [2.05, 4.69) is 36.1 Å². The van der Waals surface area contributed by atoms with Gasteiger partial charge >= 0.3 is 0 Å². The van der Waals surface area contributed by atoms with Crippen LogP contribution >= 0.6 is 11.3 Å². The minimum Gasteiger partial charge on any atom is -0.440 e. The Balaban J connectivity index is 2.01. The Kier molecular flexibility index (Phi) is 4.06. The Morgan fingerprint density at radius 3 is 2.63 bits per heavy atom. The number of hydrogen-bond donors (Lipinski definition) is 1. The number of oxazole rings is 1. The SMILES string of the molecule is Cc1nc(C)c(-c2cnc(CCNC(C)(C)C)o2)s1. The Bertz CT molecular complexity index is 551. The van der Waals surface area contributed by atoms with Gasteiger partial charge in [0.2, 0.25) is 0 Å². The fourth-order valence-corrected chi connectivity index (χ4v) is 2.70. The molecule has 0 amide bonds. The van der Waals surface area contributed by atoms with Gasteiger partial charge in [-0.1, -0.05) is 0 Å².